The zero-order valence-electron chi connectivity index (χ0n) is 15.6. The molecule has 1 amide bonds. The first-order valence-electron chi connectivity index (χ1n) is 8.95. The van der Waals surface area contributed by atoms with E-state index >= 15 is 0 Å². The number of carbonyl (C=O) groups excluding carboxylic acids is 1. The zero-order valence-corrected chi connectivity index (χ0v) is 16.4. The first kappa shape index (κ1) is 18.1. The summed E-state index contributed by atoms with van der Waals surface area (Å²) >= 11 is 0. The van der Waals surface area contributed by atoms with Gasteiger partial charge in [0.15, 0.2) is 0 Å². The van der Waals surface area contributed by atoms with Gasteiger partial charge in [-0.15, -0.1) is 0 Å². The van der Waals surface area contributed by atoms with Gasteiger partial charge in [0, 0.05) is 45.3 Å². The lowest BCUT2D eigenvalue weighted by Crippen LogP contribution is -2.47. The molecule has 1 saturated heterocycles. The molecule has 8 nitrogen and oxygen atoms in total. The number of hydrogen-bond acceptors (Lipinski definition) is 4. The summed E-state index contributed by atoms with van der Waals surface area (Å²) in [5.41, 5.74) is 0.585. The number of carbonyl (C=O) groups is 1. The van der Waals surface area contributed by atoms with E-state index in [0.717, 1.165) is 11.3 Å². The molecule has 3 heterocycles. The van der Waals surface area contributed by atoms with Crippen molar-refractivity contribution in [3.63, 3.8) is 0 Å². The highest BCUT2D eigenvalue weighted by molar-refractivity contribution is 7.86. The van der Waals surface area contributed by atoms with Gasteiger partial charge >= 0.3 is 0 Å². The van der Waals surface area contributed by atoms with E-state index in [-0.39, 0.29) is 12.5 Å². The van der Waals surface area contributed by atoms with Gasteiger partial charge in [-0.05, 0) is 18.1 Å². The Balaban J connectivity index is 1.95. The van der Waals surface area contributed by atoms with Gasteiger partial charge in [-0.1, -0.05) is 25.1 Å². The van der Waals surface area contributed by atoms with Crippen molar-refractivity contribution >= 4 is 21.8 Å². The standard InChI is InChI=1S/C18H23N5O3S/c1-4-22(3)27(25,26)23-11-9-18(15(23)16-19-10-12-21(16)2)13-7-5-6-8-14(13)20-17(18)24/h5-8,10,12,15H,4,9,11H2,1-3H3,(H,20,24)/t15-,18+/m0/s1. The molecule has 2 aliphatic heterocycles. The fourth-order valence-corrected chi connectivity index (χ4v) is 5.78. The molecular formula is C18H23N5O3S. The molecule has 0 radical (unpaired) electrons. The summed E-state index contributed by atoms with van der Waals surface area (Å²) in [6.07, 6.45) is 3.81. The van der Waals surface area contributed by atoms with Crippen LogP contribution in [0, 0.1) is 0 Å². The lowest BCUT2D eigenvalue weighted by Gasteiger charge is -2.34. The Morgan fingerprint density at radius 1 is 1.37 bits per heavy atom. The molecule has 2 atom stereocenters. The van der Waals surface area contributed by atoms with Gasteiger partial charge < -0.3 is 9.88 Å². The predicted octanol–water partition coefficient (Wildman–Crippen LogP) is 1.25. The largest absolute Gasteiger partial charge is 0.337 e. The van der Waals surface area contributed by atoms with Gasteiger partial charge in [-0.2, -0.15) is 17.0 Å². The molecule has 2 aliphatic rings. The topological polar surface area (TPSA) is 87.5 Å². The summed E-state index contributed by atoms with van der Waals surface area (Å²) in [5.74, 6) is 0.390. The summed E-state index contributed by atoms with van der Waals surface area (Å²) in [6.45, 7) is 2.39. The Morgan fingerprint density at radius 3 is 2.78 bits per heavy atom. The van der Waals surface area contributed by atoms with Crippen molar-refractivity contribution in [3.05, 3.63) is 48.0 Å². The van der Waals surface area contributed by atoms with E-state index in [2.05, 4.69) is 10.3 Å². The maximum absolute atomic E-state index is 13.2. The number of imidazole rings is 1. The average molecular weight is 389 g/mol. The lowest BCUT2D eigenvalue weighted by atomic mass is 9.75. The Morgan fingerprint density at radius 2 is 2.11 bits per heavy atom. The highest BCUT2D eigenvalue weighted by Crippen LogP contribution is 2.55. The zero-order chi connectivity index (χ0) is 19.4. The second-order valence-corrected chi connectivity index (χ2v) is 9.04. The first-order valence-corrected chi connectivity index (χ1v) is 10.3. The third-order valence-corrected chi connectivity index (χ3v) is 7.81. The molecule has 0 saturated carbocycles. The van der Waals surface area contributed by atoms with Crippen LogP contribution in [0.5, 0.6) is 0 Å². The number of hydrogen-bond donors (Lipinski definition) is 1. The highest BCUT2D eigenvalue weighted by Gasteiger charge is 2.62. The van der Waals surface area contributed by atoms with Crippen molar-refractivity contribution in [1.82, 2.24) is 18.2 Å². The summed E-state index contributed by atoms with van der Waals surface area (Å²) in [6, 6.07) is 6.80. The second kappa shape index (κ2) is 6.15. The molecule has 9 heteroatoms. The van der Waals surface area contributed by atoms with Gasteiger partial charge in [0.2, 0.25) is 5.91 Å². The summed E-state index contributed by atoms with van der Waals surface area (Å²) in [5, 5.41) is 2.95. The fraction of sp³-hybridized carbons (Fsp3) is 0.444. The van der Waals surface area contributed by atoms with Crippen molar-refractivity contribution in [2.75, 3.05) is 25.5 Å². The molecule has 1 fully saturated rings. The normalized spacial score (nSPS) is 25.3. The minimum absolute atomic E-state index is 0.173. The molecule has 27 heavy (non-hydrogen) atoms. The number of nitrogens with one attached hydrogen (secondary N) is 1. The van der Waals surface area contributed by atoms with Crippen LogP contribution in [-0.4, -0.2) is 52.6 Å². The molecule has 0 aliphatic carbocycles. The van der Waals surface area contributed by atoms with E-state index in [9.17, 15) is 13.2 Å². The van der Waals surface area contributed by atoms with Gasteiger partial charge in [-0.25, -0.2) is 4.98 Å². The predicted molar refractivity (Wildman–Crippen MR) is 101 cm³/mol. The van der Waals surface area contributed by atoms with Crippen LogP contribution < -0.4 is 5.32 Å². The van der Waals surface area contributed by atoms with Gasteiger partial charge in [0.1, 0.15) is 17.3 Å². The smallest absolute Gasteiger partial charge is 0.282 e. The van der Waals surface area contributed by atoms with E-state index in [1.54, 1.807) is 30.9 Å². The van der Waals surface area contributed by atoms with Crippen molar-refractivity contribution in [1.29, 1.82) is 0 Å². The van der Waals surface area contributed by atoms with Crippen molar-refractivity contribution in [3.8, 4) is 0 Å². The fourth-order valence-electron chi connectivity index (χ4n) is 4.24. The van der Waals surface area contributed by atoms with E-state index in [4.69, 9.17) is 0 Å². The third-order valence-electron chi connectivity index (χ3n) is 5.78. The number of para-hydroxylation sites is 1. The number of fused-ring (bicyclic) bond motifs is 2. The van der Waals surface area contributed by atoms with Crippen LogP contribution >= 0.6 is 0 Å². The molecule has 1 spiro atoms. The van der Waals surface area contributed by atoms with Gasteiger partial charge in [-0.3, -0.25) is 4.79 Å². The van der Waals surface area contributed by atoms with Crippen LogP contribution in [0.25, 0.3) is 0 Å². The van der Waals surface area contributed by atoms with E-state index in [1.165, 1.54) is 8.61 Å². The molecule has 144 valence electrons. The van der Waals surface area contributed by atoms with Crippen LogP contribution in [0.2, 0.25) is 0 Å². The summed E-state index contributed by atoms with van der Waals surface area (Å²) in [4.78, 5) is 17.6. The van der Waals surface area contributed by atoms with Crippen LogP contribution in [0.1, 0.15) is 30.8 Å². The van der Waals surface area contributed by atoms with Crippen molar-refractivity contribution in [2.45, 2.75) is 24.8 Å². The summed E-state index contributed by atoms with van der Waals surface area (Å²) < 4.78 is 31.0. The molecular weight excluding hydrogens is 366 g/mol. The minimum atomic E-state index is -3.74. The molecule has 0 unspecified atom stereocenters. The number of aromatic nitrogens is 2. The number of benzene rings is 1. The average Bonchev–Trinajstić information content (AvgIpc) is 3.32. The number of rotatable bonds is 4. The minimum Gasteiger partial charge on any atom is -0.337 e. The number of nitrogens with zero attached hydrogens (tertiary/aromatic N) is 4. The van der Waals surface area contributed by atoms with E-state index in [1.807, 2.05) is 31.3 Å². The molecule has 2 aromatic rings. The van der Waals surface area contributed by atoms with Crippen LogP contribution in [-0.2, 0) is 27.5 Å². The summed E-state index contributed by atoms with van der Waals surface area (Å²) in [7, 11) is -0.362. The van der Waals surface area contributed by atoms with Crippen LogP contribution in [0.4, 0.5) is 5.69 Å². The van der Waals surface area contributed by atoms with Crippen molar-refractivity contribution in [2.24, 2.45) is 7.05 Å². The highest BCUT2D eigenvalue weighted by atomic mass is 32.2. The molecule has 4 rings (SSSR count). The first-order chi connectivity index (χ1) is 12.8. The van der Waals surface area contributed by atoms with Crippen LogP contribution in [0.15, 0.2) is 36.7 Å². The maximum Gasteiger partial charge on any atom is 0.282 e. The van der Waals surface area contributed by atoms with Gasteiger partial charge in [0.25, 0.3) is 10.2 Å². The van der Waals surface area contributed by atoms with E-state index < -0.39 is 21.7 Å². The Hall–Kier alpha value is -2.23. The number of aryl methyl sites for hydroxylation is 1. The molecule has 0 bridgehead atoms. The molecule has 1 aromatic carbocycles. The lowest BCUT2D eigenvalue weighted by molar-refractivity contribution is -0.121. The molecule has 1 N–H and O–H groups in total. The van der Waals surface area contributed by atoms with Crippen molar-refractivity contribution < 1.29 is 13.2 Å². The van der Waals surface area contributed by atoms with Gasteiger partial charge in [0.05, 0.1) is 0 Å². The third kappa shape index (κ3) is 2.38. The quantitative estimate of drug-likeness (QED) is 0.853. The van der Waals surface area contributed by atoms with Crippen LogP contribution in [0.3, 0.4) is 0 Å². The molecule has 1 aromatic heterocycles. The van der Waals surface area contributed by atoms with E-state index in [0.29, 0.717) is 18.8 Å². The maximum atomic E-state index is 13.2. The number of anilines is 1. The second-order valence-electron chi connectivity index (χ2n) is 7.05. The monoisotopic (exact) mass is 389 g/mol. The number of amides is 1. The Kier molecular flexibility index (Phi) is 4.13. The Bertz CT molecular complexity index is 1000. The Labute approximate surface area is 159 Å². The SMILES string of the molecule is CCN(C)S(=O)(=O)N1CC[C@]2(C(=O)Nc3ccccc32)[C@@H]1c1nccn1C.